The van der Waals surface area contributed by atoms with Crippen LogP contribution in [0, 0.1) is 0 Å². The molecule has 39 heavy (non-hydrogen) atoms. The number of methoxy groups -OCH3 is 1. The van der Waals surface area contributed by atoms with Crippen LogP contribution in [-0.2, 0) is 9.59 Å². The van der Waals surface area contributed by atoms with E-state index < -0.39 is 6.04 Å². The third-order valence-corrected chi connectivity index (χ3v) is 7.98. The average Bonchev–Trinajstić information content (AvgIpc) is 3.12. The molecule has 0 aromatic heterocycles. The van der Waals surface area contributed by atoms with Gasteiger partial charge in [0.15, 0.2) is 5.78 Å². The van der Waals surface area contributed by atoms with Gasteiger partial charge in [0.05, 0.1) is 24.5 Å². The molecule has 1 aliphatic carbocycles. The topological polar surface area (TPSA) is 61.9 Å². The number of Topliss-reactive ketones (excluding diaryl/α,β-unsaturated/α-hetero) is 1. The fourth-order valence-electron chi connectivity index (χ4n) is 5.92. The summed E-state index contributed by atoms with van der Waals surface area (Å²) in [5, 5.41) is 3.60. The second kappa shape index (κ2) is 11.4. The highest BCUT2D eigenvalue weighted by molar-refractivity contribution is 6.06. The van der Waals surface area contributed by atoms with Crippen molar-refractivity contribution in [1.29, 1.82) is 0 Å². The van der Waals surface area contributed by atoms with Crippen molar-refractivity contribution in [2.75, 3.05) is 35.3 Å². The molecule has 6 heteroatoms. The van der Waals surface area contributed by atoms with Crippen molar-refractivity contribution in [3.05, 3.63) is 95.2 Å². The molecule has 0 bridgehead atoms. The maximum Gasteiger partial charge on any atom is 0.227 e. The third kappa shape index (κ3) is 5.03. The molecule has 0 saturated heterocycles. The van der Waals surface area contributed by atoms with Gasteiger partial charge in [0, 0.05) is 42.9 Å². The molecule has 1 heterocycles. The van der Waals surface area contributed by atoms with E-state index in [1.165, 1.54) is 5.69 Å². The number of allylic oxidation sites excluding steroid dienone is 1. The number of carbonyl (C=O) groups is 2. The van der Waals surface area contributed by atoms with Crippen LogP contribution in [0.3, 0.4) is 0 Å². The molecule has 202 valence electrons. The van der Waals surface area contributed by atoms with Crippen LogP contribution < -0.4 is 19.9 Å². The van der Waals surface area contributed by atoms with Gasteiger partial charge in [0.1, 0.15) is 5.75 Å². The highest BCUT2D eigenvalue weighted by atomic mass is 16.5. The summed E-state index contributed by atoms with van der Waals surface area (Å²) in [6, 6.07) is 23.7. The standard InChI is InChI=1S/C33H37N3O3/c1-5-31(38)36-29-11-9-8-10-27(29)34-28-20-24(22-12-16-25(17-13-22)35(6-2)7-3)21-30(37)32(28)33(36)23-14-18-26(39-4)19-15-23/h8-19,24,33-34H,5-7,20-21H2,1-4H3. The molecule has 3 aromatic carbocycles. The molecule has 2 aliphatic rings. The van der Waals surface area contributed by atoms with Crippen LogP contribution in [0.5, 0.6) is 5.75 Å². The Bertz CT molecular complexity index is 1370. The minimum Gasteiger partial charge on any atom is -0.497 e. The summed E-state index contributed by atoms with van der Waals surface area (Å²) < 4.78 is 5.39. The first-order chi connectivity index (χ1) is 19.0. The van der Waals surface area contributed by atoms with E-state index in [0.717, 1.165) is 47.0 Å². The van der Waals surface area contributed by atoms with Gasteiger partial charge in [-0.05, 0) is 73.7 Å². The van der Waals surface area contributed by atoms with Gasteiger partial charge >= 0.3 is 0 Å². The molecule has 5 rings (SSSR count). The molecular formula is C33H37N3O3. The Balaban J connectivity index is 1.61. The Kier molecular flexibility index (Phi) is 7.73. The van der Waals surface area contributed by atoms with E-state index in [9.17, 15) is 9.59 Å². The number of hydrogen-bond acceptors (Lipinski definition) is 5. The Labute approximate surface area is 231 Å². The zero-order valence-corrected chi connectivity index (χ0v) is 23.2. The van der Waals surface area contributed by atoms with Crippen LogP contribution in [0.1, 0.15) is 63.1 Å². The van der Waals surface area contributed by atoms with Gasteiger partial charge in [-0.15, -0.1) is 0 Å². The van der Waals surface area contributed by atoms with Crippen LogP contribution in [0.15, 0.2) is 84.1 Å². The first-order valence-corrected chi connectivity index (χ1v) is 13.9. The molecule has 0 fully saturated rings. The summed E-state index contributed by atoms with van der Waals surface area (Å²) in [7, 11) is 1.63. The summed E-state index contributed by atoms with van der Waals surface area (Å²) in [5.41, 5.74) is 6.44. The SMILES string of the molecule is CCC(=O)N1c2ccccc2NC2=C(C(=O)CC(c3ccc(N(CC)CC)cc3)C2)C1c1ccc(OC)cc1. The Morgan fingerprint density at radius 2 is 1.59 bits per heavy atom. The number of nitrogens with one attached hydrogen (secondary N) is 1. The highest BCUT2D eigenvalue weighted by Crippen LogP contribution is 2.47. The number of anilines is 3. The zero-order valence-electron chi connectivity index (χ0n) is 23.2. The molecule has 6 nitrogen and oxygen atoms in total. The smallest absolute Gasteiger partial charge is 0.227 e. The first-order valence-electron chi connectivity index (χ1n) is 13.9. The van der Waals surface area contributed by atoms with Gasteiger partial charge in [0.25, 0.3) is 0 Å². The Morgan fingerprint density at radius 3 is 2.23 bits per heavy atom. The first kappa shape index (κ1) is 26.5. The van der Waals surface area contributed by atoms with Crippen molar-refractivity contribution in [1.82, 2.24) is 0 Å². The number of ketones is 1. The number of para-hydroxylation sites is 2. The molecule has 3 aromatic rings. The molecule has 1 aliphatic heterocycles. The monoisotopic (exact) mass is 523 g/mol. The number of ether oxygens (including phenoxy) is 1. The number of amides is 1. The minimum atomic E-state index is -0.520. The summed E-state index contributed by atoms with van der Waals surface area (Å²) in [5.74, 6) is 0.841. The van der Waals surface area contributed by atoms with E-state index in [1.54, 1.807) is 7.11 Å². The van der Waals surface area contributed by atoms with E-state index in [4.69, 9.17) is 4.74 Å². The predicted octanol–water partition coefficient (Wildman–Crippen LogP) is 6.85. The number of fused-ring (bicyclic) bond motifs is 1. The average molecular weight is 524 g/mol. The lowest BCUT2D eigenvalue weighted by molar-refractivity contribution is -0.119. The highest BCUT2D eigenvalue weighted by Gasteiger charge is 2.41. The normalized spacial score (nSPS) is 18.6. The fourth-order valence-corrected chi connectivity index (χ4v) is 5.92. The number of hydrogen-bond donors (Lipinski definition) is 1. The number of rotatable bonds is 7. The maximum atomic E-state index is 14.1. The Hall–Kier alpha value is -4.06. The van der Waals surface area contributed by atoms with E-state index in [-0.39, 0.29) is 17.6 Å². The summed E-state index contributed by atoms with van der Waals surface area (Å²) in [6.07, 6.45) is 1.43. The van der Waals surface area contributed by atoms with Crippen LogP contribution in [0.4, 0.5) is 17.1 Å². The van der Waals surface area contributed by atoms with Crippen molar-refractivity contribution in [3.8, 4) is 5.75 Å². The Morgan fingerprint density at radius 1 is 0.923 bits per heavy atom. The van der Waals surface area contributed by atoms with Gasteiger partial charge < -0.3 is 15.0 Å². The molecule has 0 radical (unpaired) electrons. The van der Waals surface area contributed by atoms with Crippen LogP contribution >= 0.6 is 0 Å². The molecular weight excluding hydrogens is 486 g/mol. The fraction of sp³-hybridized carbons (Fsp3) is 0.333. The third-order valence-electron chi connectivity index (χ3n) is 7.98. The van der Waals surface area contributed by atoms with E-state index in [2.05, 4.69) is 48.3 Å². The van der Waals surface area contributed by atoms with Gasteiger partial charge in [-0.2, -0.15) is 0 Å². The zero-order chi connectivity index (χ0) is 27.5. The molecule has 2 unspecified atom stereocenters. The summed E-state index contributed by atoms with van der Waals surface area (Å²) in [4.78, 5) is 31.7. The quantitative estimate of drug-likeness (QED) is 0.367. The number of benzene rings is 3. The van der Waals surface area contributed by atoms with Crippen molar-refractivity contribution < 1.29 is 14.3 Å². The van der Waals surface area contributed by atoms with Crippen LogP contribution in [-0.4, -0.2) is 31.9 Å². The van der Waals surface area contributed by atoms with Gasteiger partial charge in [-0.1, -0.05) is 43.3 Å². The largest absolute Gasteiger partial charge is 0.497 e. The lowest BCUT2D eigenvalue weighted by Crippen LogP contribution is -2.38. The van der Waals surface area contributed by atoms with E-state index in [0.29, 0.717) is 24.8 Å². The lowest BCUT2D eigenvalue weighted by Gasteiger charge is -2.35. The van der Waals surface area contributed by atoms with Crippen molar-refractivity contribution in [2.24, 2.45) is 0 Å². The van der Waals surface area contributed by atoms with Gasteiger partial charge in [-0.25, -0.2) is 0 Å². The second-order valence-electron chi connectivity index (χ2n) is 10.1. The van der Waals surface area contributed by atoms with Crippen molar-refractivity contribution >= 4 is 28.8 Å². The molecule has 0 spiro atoms. The molecule has 2 atom stereocenters. The summed E-state index contributed by atoms with van der Waals surface area (Å²) >= 11 is 0. The second-order valence-corrected chi connectivity index (χ2v) is 10.1. The van der Waals surface area contributed by atoms with Crippen LogP contribution in [0.25, 0.3) is 0 Å². The molecule has 0 saturated carbocycles. The van der Waals surface area contributed by atoms with E-state index >= 15 is 0 Å². The number of nitrogens with zero attached hydrogens (tertiary/aromatic N) is 2. The maximum absolute atomic E-state index is 14.1. The van der Waals surface area contributed by atoms with Crippen molar-refractivity contribution in [3.63, 3.8) is 0 Å². The van der Waals surface area contributed by atoms with Crippen molar-refractivity contribution in [2.45, 2.75) is 52.0 Å². The number of carbonyl (C=O) groups excluding carboxylic acids is 2. The minimum absolute atomic E-state index is 0.0271. The molecule has 1 N–H and O–H groups in total. The van der Waals surface area contributed by atoms with Gasteiger partial charge in [0.2, 0.25) is 5.91 Å². The van der Waals surface area contributed by atoms with Gasteiger partial charge in [-0.3, -0.25) is 14.5 Å². The lowest BCUT2D eigenvalue weighted by atomic mass is 9.78. The predicted molar refractivity (Wildman–Crippen MR) is 158 cm³/mol. The summed E-state index contributed by atoms with van der Waals surface area (Å²) in [6.45, 7) is 8.09. The van der Waals surface area contributed by atoms with E-state index in [1.807, 2.05) is 60.4 Å². The molecule has 1 amide bonds. The van der Waals surface area contributed by atoms with Crippen LogP contribution in [0.2, 0.25) is 0 Å².